The standard InChI is InChI=1S/C12H18N4/c1-15(2)5-4-11-9-16-6-3-10(8-13)7-12(16)14-11/h3,6-7,9H,4-5,8,13H2,1-2H3. The van der Waals surface area contributed by atoms with Crippen molar-refractivity contribution in [2.45, 2.75) is 13.0 Å². The number of hydrogen-bond acceptors (Lipinski definition) is 3. The summed E-state index contributed by atoms with van der Waals surface area (Å²) in [7, 11) is 4.14. The minimum atomic E-state index is 0.566. The summed E-state index contributed by atoms with van der Waals surface area (Å²) in [6.45, 7) is 1.59. The molecule has 0 saturated heterocycles. The number of nitrogens with zero attached hydrogens (tertiary/aromatic N) is 3. The van der Waals surface area contributed by atoms with E-state index >= 15 is 0 Å². The van der Waals surface area contributed by atoms with Gasteiger partial charge >= 0.3 is 0 Å². The second-order valence-electron chi connectivity index (χ2n) is 4.29. The van der Waals surface area contributed by atoms with Gasteiger partial charge in [0.05, 0.1) is 5.69 Å². The highest BCUT2D eigenvalue weighted by Crippen LogP contribution is 2.08. The predicted molar refractivity (Wildman–Crippen MR) is 65.3 cm³/mol. The molecule has 0 aliphatic heterocycles. The van der Waals surface area contributed by atoms with E-state index in [0.717, 1.165) is 29.9 Å². The van der Waals surface area contributed by atoms with Gasteiger partial charge in [-0.2, -0.15) is 0 Å². The number of fused-ring (bicyclic) bond motifs is 1. The van der Waals surface area contributed by atoms with Crippen LogP contribution in [0.15, 0.2) is 24.5 Å². The minimum Gasteiger partial charge on any atom is -0.326 e. The molecule has 0 saturated carbocycles. The summed E-state index contributed by atoms with van der Waals surface area (Å²) in [5.41, 5.74) is 8.84. The molecular formula is C12H18N4. The van der Waals surface area contributed by atoms with Crippen LogP contribution in [0.4, 0.5) is 0 Å². The molecule has 0 fully saturated rings. The van der Waals surface area contributed by atoms with Gasteiger partial charge in [-0.25, -0.2) is 4.98 Å². The summed E-state index contributed by atoms with van der Waals surface area (Å²) in [5, 5.41) is 0. The van der Waals surface area contributed by atoms with Gasteiger partial charge < -0.3 is 15.0 Å². The Labute approximate surface area is 95.7 Å². The van der Waals surface area contributed by atoms with Gasteiger partial charge in [-0.3, -0.25) is 0 Å². The molecule has 0 amide bonds. The van der Waals surface area contributed by atoms with Gasteiger partial charge in [0, 0.05) is 31.9 Å². The molecule has 2 aromatic heterocycles. The lowest BCUT2D eigenvalue weighted by atomic mass is 10.3. The van der Waals surface area contributed by atoms with Crippen molar-refractivity contribution >= 4 is 5.65 Å². The maximum atomic E-state index is 5.60. The van der Waals surface area contributed by atoms with Crippen molar-refractivity contribution in [2.75, 3.05) is 20.6 Å². The fraction of sp³-hybridized carbons (Fsp3) is 0.417. The van der Waals surface area contributed by atoms with Gasteiger partial charge in [0.15, 0.2) is 0 Å². The summed E-state index contributed by atoms with van der Waals surface area (Å²) in [6, 6.07) is 4.07. The smallest absolute Gasteiger partial charge is 0.137 e. The Morgan fingerprint density at radius 3 is 2.94 bits per heavy atom. The van der Waals surface area contributed by atoms with Crippen LogP contribution in [0.1, 0.15) is 11.3 Å². The van der Waals surface area contributed by atoms with Crippen molar-refractivity contribution in [2.24, 2.45) is 5.73 Å². The van der Waals surface area contributed by atoms with Crippen LogP contribution in [-0.2, 0) is 13.0 Å². The van der Waals surface area contributed by atoms with Gasteiger partial charge in [0.25, 0.3) is 0 Å². The van der Waals surface area contributed by atoms with Crippen LogP contribution in [-0.4, -0.2) is 34.9 Å². The summed E-state index contributed by atoms with van der Waals surface area (Å²) in [4.78, 5) is 6.74. The molecule has 0 spiro atoms. The van der Waals surface area contributed by atoms with E-state index in [1.807, 2.05) is 22.7 Å². The molecule has 0 radical (unpaired) electrons. The van der Waals surface area contributed by atoms with Crippen molar-refractivity contribution in [3.63, 3.8) is 0 Å². The normalized spacial score (nSPS) is 11.5. The monoisotopic (exact) mass is 218 g/mol. The number of pyridine rings is 1. The zero-order valence-electron chi connectivity index (χ0n) is 9.85. The van der Waals surface area contributed by atoms with Crippen molar-refractivity contribution in [1.82, 2.24) is 14.3 Å². The average molecular weight is 218 g/mol. The van der Waals surface area contributed by atoms with Crippen molar-refractivity contribution in [1.29, 1.82) is 0 Å². The average Bonchev–Trinajstić information content (AvgIpc) is 2.67. The Bertz CT molecular complexity index is 473. The largest absolute Gasteiger partial charge is 0.326 e. The second kappa shape index (κ2) is 4.63. The first-order chi connectivity index (χ1) is 7.69. The Morgan fingerprint density at radius 2 is 2.25 bits per heavy atom. The maximum absolute atomic E-state index is 5.60. The van der Waals surface area contributed by atoms with Crippen LogP contribution in [0.2, 0.25) is 0 Å². The Balaban J connectivity index is 2.22. The van der Waals surface area contributed by atoms with Crippen LogP contribution >= 0.6 is 0 Å². The first-order valence-electron chi connectivity index (χ1n) is 5.50. The van der Waals surface area contributed by atoms with Gasteiger partial charge in [-0.15, -0.1) is 0 Å². The molecule has 0 bridgehead atoms. The first-order valence-corrected chi connectivity index (χ1v) is 5.50. The molecule has 16 heavy (non-hydrogen) atoms. The SMILES string of the molecule is CN(C)CCc1cn2ccc(CN)cc2n1. The zero-order chi connectivity index (χ0) is 11.5. The quantitative estimate of drug-likeness (QED) is 0.829. The third kappa shape index (κ3) is 2.40. The predicted octanol–water partition coefficient (Wildman–Crippen LogP) is 0.897. The molecule has 2 aromatic rings. The van der Waals surface area contributed by atoms with E-state index in [2.05, 4.69) is 30.2 Å². The number of aromatic nitrogens is 2. The molecule has 0 aromatic carbocycles. The van der Waals surface area contributed by atoms with Crippen molar-refractivity contribution < 1.29 is 0 Å². The molecule has 86 valence electrons. The molecule has 2 N–H and O–H groups in total. The number of likely N-dealkylation sites (N-methyl/N-ethyl adjacent to an activating group) is 1. The van der Waals surface area contributed by atoms with Crippen LogP contribution < -0.4 is 5.73 Å². The van der Waals surface area contributed by atoms with Crippen molar-refractivity contribution in [3.05, 3.63) is 35.8 Å². The lowest BCUT2D eigenvalue weighted by Gasteiger charge is -2.06. The number of rotatable bonds is 4. The summed E-state index contributed by atoms with van der Waals surface area (Å²) in [6.07, 6.45) is 5.08. The summed E-state index contributed by atoms with van der Waals surface area (Å²) in [5.74, 6) is 0. The number of hydrogen-bond donors (Lipinski definition) is 1. The van der Waals surface area contributed by atoms with Gasteiger partial charge in [-0.05, 0) is 31.8 Å². The van der Waals surface area contributed by atoms with E-state index in [0.29, 0.717) is 6.54 Å². The fourth-order valence-electron chi connectivity index (χ4n) is 1.66. The Morgan fingerprint density at radius 1 is 1.44 bits per heavy atom. The summed E-state index contributed by atoms with van der Waals surface area (Å²) < 4.78 is 2.05. The van der Waals surface area contributed by atoms with E-state index in [1.54, 1.807) is 0 Å². The van der Waals surface area contributed by atoms with Crippen LogP contribution in [0.5, 0.6) is 0 Å². The summed E-state index contributed by atoms with van der Waals surface area (Å²) >= 11 is 0. The van der Waals surface area contributed by atoms with Crippen LogP contribution in [0.3, 0.4) is 0 Å². The first kappa shape index (κ1) is 11.1. The highest BCUT2D eigenvalue weighted by Gasteiger charge is 2.02. The third-order valence-electron chi connectivity index (χ3n) is 2.63. The van der Waals surface area contributed by atoms with Crippen molar-refractivity contribution in [3.8, 4) is 0 Å². The molecule has 4 nitrogen and oxygen atoms in total. The highest BCUT2D eigenvalue weighted by molar-refractivity contribution is 5.42. The van der Waals surface area contributed by atoms with E-state index in [1.165, 1.54) is 0 Å². The zero-order valence-corrected chi connectivity index (χ0v) is 9.85. The topological polar surface area (TPSA) is 46.6 Å². The second-order valence-corrected chi connectivity index (χ2v) is 4.29. The van der Waals surface area contributed by atoms with Crippen LogP contribution in [0, 0.1) is 0 Å². The molecule has 2 heterocycles. The third-order valence-corrected chi connectivity index (χ3v) is 2.63. The van der Waals surface area contributed by atoms with E-state index < -0.39 is 0 Å². The molecule has 2 rings (SSSR count). The van der Waals surface area contributed by atoms with E-state index in [4.69, 9.17) is 5.73 Å². The van der Waals surface area contributed by atoms with Gasteiger partial charge in [0.2, 0.25) is 0 Å². The fourth-order valence-corrected chi connectivity index (χ4v) is 1.66. The molecule has 0 aliphatic carbocycles. The van der Waals surface area contributed by atoms with Gasteiger partial charge in [-0.1, -0.05) is 0 Å². The van der Waals surface area contributed by atoms with E-state index in [9.17, 15) is 0 Å². The maximum Gasteiger partial charge on any atom is 0.137 e. The Hall–Kier alpha value is -1.39. The molecular weight excluding hydrogens is 200 g/mol. The van der Waals surface area contributed by atoms with Gasteiger partial charge in [0.1, 0.15) is 5.65 Å². The van der Waals surface area contributed by atoms with E-state index in [-0.39, 0.29) is 0 Å². The molecule has 0 unspecified atom stereocenters. The molecule has 4 heteroatoms. The number of imidazole rings is 1. The van der Waals surface area contributed by atoms with Crippen LogP contribution in [0.25, 0.3) is 5.65 Å². The minimum absolute atomic E-state index is 0.566. The number of nitrogens with two attached hydrogens (primary N) is 1. The highest BCUT2D eigenvalue weighted by atomic mass is 15.1. The molecule has 0 atom stereocenters. The Kier molecular flexibility index (Phi) is 3.22. The lowest BCUT2D eigenvalue weighted by molar-refractivity contribution is 0.412. The molecule has 0 aliphatic rings. The lowest BCUT2D eigenvalue weighted by Crippen LogP contribution is -2.15.